The number of ether oxygens (including phenoxy) is 2. The Morgan fingerprint density at radius 1 is 1.11 bits per heavy atom. The van der Waals surface area contributed by atoms with E-state index >= 15 is 0 Å². The van der Waals surface area contributed by atoms with E-state index in [0.29, 0.717) is 32.9 Å². The molecule has 0 aliphatic rings. The Morgan fingerprint density at radius 3 is 2.53 bits per heavy atom. The van der Waals surface area contributed by atoms with E-state index in [9.17, 15) is 18.4 Å². The van der Waals surface area contributed by atoms with E-state index in [1.807, 2.05) is 22.6 Å². The van der Waals surface area contributed by atoms with Crippen LogP contribution < -0.4 is 20.2 Å². The maximum absolute atomic E-state index is 14.0. The minimum Gasteiger partial charge on any atom is -0.490 e. The highest BCUT2D eigenvalue weighted by Crippen LogP contribution is 2.34. The average molecular weight is 604 g/mol. The van der Waals surface area contributed by atoms with E-state index in [1.165, 1.54) is 42.6 Å². The molecule has 0 saturated heterocycles. The van der Waals surface area contributed by atoms with Crippen molar-refractivity contribution in [3.8, 4) is 17.6 Å². The molecule has 3 rings (SSSR count). The number of hydrogen-bond acceptors (Lipinski definition) is 6. The number of benzene rings is 3. The number of nitrogens with zero attached hydrogens (tertiary/aromatic N) is 2. The van der Waals surface area contributed by atoms with Gasteiger partial charge in [0.05, 0.1) is 33.6 Å². The van der Waals surface area contributed by atoms with Gasteiger partial charge in [0.1, 0.15) is 11.6 Å². The molecule has 0 fully saturated rings. The molecule has 0 spiro atoms. The summed E-state index contributed by atoms with van der Waals surface area (Å²) < 4.78 is 38.9. The lowest BCUT2D eigenvalue weighted by Gasteiger charge is -2.14. The van der Waals surface area contributed by atoms with Gasteiger partial charge in [-0.05, 0) is 89.7 Å². The zero-order valence-corrected chi connectivity index (χ0v) is 21.0. The fraction of sp³-hybridized carbons (Fsp3) is 0.120. The molecule has 2 N–H and O–H groups in total. The molecule has 0 saturated carbocycles. The number of anilines is 1. The highest BCUT2D eigenvalue weighted by Gasteiger charge is 2.15. The molecule has 8 nitrogen and oxygen atoms in total. The number of amides is 2. The minimum atomic E-state index is -0.833. The predicted molar refractivity (Wildman–Crippen MR) is 137 cm³/mol. The smallest absolute Gasteiger partial charge is 0.274 e. The normalized spacial score (nSPS) is 10.5. The van der Waals surface area contributed by atoms with Crippen LogP contribution in [0.15, 0.2) is 59.7 Å². The summed E-state index contributed by atoms with van der Waals surface area (Å²) in [4.78, 5) is 24.4. The van der Waals surface area contributed by atoms with Gasteiger partial charge in [0.25, 0.3) is 11.8 Å². The quantitative estimate of drug-likeness (QED) is 0.210. The molecule has 36 heavy (non-hydrogen) atoms. The topological polar surface area (TPSA) is 113 Å². The van der Waals surface area contributed by atoms with Crippen LogP contribution in [0.1, 0.15) is 28.4 Å². The SMILES string of the molecule is CCOc1cc(/C=N\NC(=O)c2ccc(C#N)cc2F)cc(I)c1OCC(=O)Nc1ccc(F)cc1. The fourth-order valence-electron chi connectivity index (χ4n) is 2.93. The van der Waals surface area contributed by atoms with Crippen LogP contribution in [0.3, 0.4) is 0 Å². The van der Waals surface area contributed by atoms with Crippen molar-refractivity contribution in [3.05, 3.63) is 86.5 Å². The first-order valence-corrected chi connectivity index (χ1v) is 11.6. The average Bonchev–Trinajstić information content (AvgIpc) is 2.85. The van der Waals surface area contributed by atoms with Crippen molar-refractivity contribution in [1.82, 2.24) is 5.43 Å². The van der Waals surface area contributed by atoms with Crippen LogP contribution in [0.25, 0.3) is 0 Å². The minimum absolute atomic E-state index is 0.0980. The molecule has 11 heteroatoms. The number of carbonyl (C=O) groups is 2. The van der Waals surface area contributed by atoms with Crippen LogP contribution in [0.4, 0.5) is 14.5 Å². The monoisotopic (exact) mass is 604 g/mol. The number of carbonyl (C=O) groups excluding carboxylic acids is 2. The van der Waals surface area contributed by atoms with Crippen LogP contribution in [0.2, 0.25) is 0 Å². The summed E-state index contributed by atoms with van der Waals surface area (Å²) >= 11 is 2.01. The number of nitrogens with one attached hydrogen (secondary N) is 2. The number of halogens is 3. The summed E-state index contributed by atoms with van der Waals surface area (Å²) in [5.74, 6) is -1.77. The molecule has 2 amide bonds. The van der Waals surface area contributed by atoms with E-state index in [2.05, 4.69) is 15.8 Å². The number of hydrogen-bond donors (Lipinski definition) is 2. The van der Waals surface area contributed by atoms with Crippen molar-refractivity contribution >= 4 is 46.3 Å². The van der Waals surface area contributed by atoms with Crippen LogP contribution in [-0.2, 0) is 4.79 Å². The van der Waals surface area contributed by atoms with E-state index in [4.69, 9.17) is 14.7 Å². The Kier molecular flexibility index (Phi) is 9.29. The van der Waals surface area contributed by atoms with Gasteiger partial charge in [0, 0.05) is 5.69 Å². The molecule has 3 aromatic rings. The van der Waals surface area contributed by atoms with Gasteiger partial charge in [-0.25, -0.2) is 14.2 Å². The zero-order chi connectivity index (χ0) is 26.1. The summed E-state index contributed by atoms with van der Waals surface area (Å²) in [7, 11) is 0. The van der Waals surface area contributed by atoms with Crippen molar-refractivity contribution in [1.29, 1.82) is 5.26 Å². The second-order valence-electron chi connectivity index (χ2n) is 7.11. The van der Waals surface area contributed by atoms with Gasteiger partial charge in [-0.2, -0.15) is 10.4 Å². The Hall–Kier alpha value is -4.05. The summed E-state index contributed by atoms with van der Waals surface area (Å²) in [6.45, 7) is 1.79. The second-order valence-corrected chi connectivity index (χ2v) is 8.27. The van der Waals surface area contributed by atoms with Gasteiger partial charge >= 0.3 is 0 Å². The number of hydrazone groups is 1. The lowest BCUT2D eigenvalue weighted by molar-refractivity contribution is -0.118. The van der Waals surface area contributed by atoms with Gasteiger partial charge in [0.15, 0.2) is 18.1 Å². The largest absolute Gasteiger partial charge is 0.490 e. The Bertz CT molecular complexity index is 1340. The summed E-state index contributed by atoms with van der Waals surface area (Å²) in [5.41, 5.74) is 3.06. The van der Waals surface area contributed by atoms with Crippen molar-refractivity contribution in [3.63, 3.8) is 0 Å². The first kappa shape index (κ1) is 26.6. The standard InChI is InChI=1S/C25H19F2IN4O4/c1-2-35-22-11-16(13-30-32-25(34)19-8-3-15(12-29)9-20(19)27)10-21(28)24(22)36-14-23(33)31-18-6-4-17(26)5-7-18/h3-11,13H,2,14H2,1H3,(H,31,33)(H,32,34)/b30-13-. The molecule has 0 aromatic heterocycles. The third-order valence-corrected chi connectivity index (χ3v) is 5.33. The van der Waals surface area contributed by atoms with Crippen molar-refractivity contribution in [2.45, 2.75) is 6.92 Å². The molecule has 0 aliphatic carbocycles. The van der Waals surface area contributed by atoms with E-state index in [1.54, 1.807) is 25.1 Å². The third kappa shape index (κ3) is 7.22. The molecule has 0 bridgehead atoms. The van der Waals surface area contributed by atoms with E-state index in [-0.39, 0.29) is 17.7 Å². The molecule has 0 atom stereocenters. The molecule has 3 aromatic carbocycles. The molecule has 184 valence electrons. The highest BCUT2D eigenvalue weighted by atomic mass is 127. The van der Waals surface area contributed by atoms with Gasteiger partial charge in [-0.1, -0.05) is 0 Å². The molecule has 0 heterocycles. The van der Waals surface area contributed by atoms with E-state index in [0.717, 1.165) is 6.07 Å². The van der Waals surface area contributed by atoms with Gasteiger partial charge in [0.2, 0.25) is 0 Å². The Morgan fingerprint density at radius 2 is 1.86 bits per heavy atom. The zero-order valence-electron chi connectivity index (χ0n) is 18.8. The molecule has 0 radical (unpaired) electrons. The number of nitriles is 1. The highest BCUT2D eigenvalue weighted by molar-refractivity contribution is 14.1. The molecular formula is C25H19F2IN4O4. The van der Waals surface area contributed by atoms with Crippen LogP contribution in [-0.4, -0.2) is 31.2 Å². The van der Waals surface area contributed by atoms with Crippen LogP contribution in [0.5, 0.6) is 11.5 Å². The summed E-state index contributed by atoms with van der Waals surface area (Å²) in [6.07, 6.45) is 1.34. The summed E-state index contributed by atoms with van der Waals surface area (Å²) in [5, 5.41) is 15.3. The predicted octanol–water partition coefficient (Wildman–Crippen LogP) is 4.62. The molecule has 0 aliphatic heterocycles. The lowest BCUT2D eigenvalue weighted by atomic mass is 10.1. The Balaban J connectivity index is 1.67. The van der Waals surface area contributed by atoms with Crippen LogP contribution in [0, 0.1) is 26.5 Å². The Labute approximate surface area is 219 Å². The van der Waals surface area contributed by atoms with Gasteiger partial charge in [-0.3, -0.25) is 9.59 Å². The van der Waals surface area contributed by atoms with E-state index < -0.39 is 23.4 Å². The van der Waals surface area contributed by atoms with Crippen molar-refractivity contribution < 1.29 is 27.8 Å². The maximum atomic E-state index is 14.0. The molecular weight excluding hydrogens is 585 g/mol. The maximum Gasteiger partial charge on any atom is 0.274 e. The van der Waals surface area contributed by atoms with Crippen molar-refractivity contribution in [2.24, 2.45) is 5.10 Å². The molecule has 0 unspecified atom stereocenters. The second kappa shape index (κ2) is 12.6. The lowest BCUT2D eigenvalue weighted by Crippen LogP contribution is -2.20. The van der Waals surface area contributed by atoms with Gasteiger partial charge < -0.3 is 14.8 Å². The fourth-order valence-corrected chi connectivity index (χ4v) is 3.71. The van der Waals surface area contributed by atoms with Crippen molar-refractivity contribution in [2.75, 3.05) is 18.5 Å². The first-order chi connectivity index (χ1) is 17.3. The van der Waals surface area contributed by atoms with Crippen LogP contribution >= 0.6 is 22.6 Å². The third-order valence-electron chi connectivity index (χ3n) is 4.53. The van der Waals surface area contributed by atoms with Gasteiger partial charge in [-0.15, -0.1) is 0 Å². The first-order valence-electron chi connectivity index (χ1n) is 10.5. The number of rotatable bonds is 9. The summed E-state index contributed by atoms with van der Waals surface area (Å²) in [6, 6.07) is 13.9.